The third-order valence-electron chi connectivity index (χ3n) is 5.70. The second-order valence-corrected chi connectivity index (χ2v) is 9.68. The quantitative estimate of drug-likeness (QED) is 0.548. The Bertz CT molecular complexity index is 1050. The van der Waals surface area contributed by atoms with Gasteiger partial charge < -0.3 is 23.8 Å². The van der Waals surface area contributed by atoms with Gasteiger partial charge >= 0.3 is 0 Å². The molecule has 0 bridgehead atoms. The highest BCUT2D eigenvalue weighted by molar-refractivity contribution is 6.68. The summed E-state index contributed by atoms with van der Waals surface area (Å²) in [6.07, 6.45) is 2.91. The summed E-state index contributed by atoms with van der Waals surface area (Å²) >= 11 is 19.7. The van der Waals surface area contributed by atoms with Crippen molar-refractivity contribution in [1.29, 1.82) is 0 Å². The Kier molecular flexibility index (Phi) is 4.88. The van der Waals surface area contributed by atoms with Gasteiger partial charge in [-0.25, -0.2) is 0 Å². The molecule has 0 saturated heterocycles. The van der Waals surface area contributed by atoms with E-state index in [1.54, 1.807) is 7.11 Å². The van der Waals surface area contributed by atoms with Crippen molar-refractivity contribution < 1.29 is 18.9 Å². The number of fused-ring (bicyclic) bond motifs is 5. The van der Waals surface area contributed by atoms with Gasteiger partial charge in [-0.2, -0.15) is 0 Å². The van der Waals surface area contributed by atoms with Gasteiger partial charge in [0.25, 0.3) is 0 Å². The van der Waals surface area contributed by atoms with Gasteiger partial charge in [0.2, 0.25) is 10.6 Å². The van der Waals surface area contributed by atoms with Crippen LogP contribution in [0, 0.1) is 0 Å². The van der Waals surface area contributed by atoms with Gasteiger partial charge in [-0.3, -0.25) is 0 Å². The molecule has 3 aliphatic rings. The standard InChI is InChI=1S/C22H20Cl3NO4/c1-3-28-20-16(27-2)5-4-13-8-15-14-10-18-17(29-11-30-18)9-12(14)6-7-26(15)21(19(13)20)22(23,24)25/h4-5,8-10,21H,3,6-7,11H2,1-2H3/t21-/m0/s1. The Hall–Kier alpha value is -1.95. The molecular formula is C22H20Cl3NO4. The summed E-state index contributed by atoms with van der Waals surface area (Å²) in [5, 5.41) is 0. The molecular weight excluding hydrogens is 449 g/mol. The lowest BCUT2D eigenvalue weighted by molar-refractivity contribution is 0.174. The molecule has 5 nitrogen and oxygen atoms in total. The van der Waals surface area contributed by atoms with Crippen LogP contribution in [0.2, 0.25) is 0 Å². The van der Waals surface area contributed by atoms with Crippen molar-refractivity contribution in [1.82, 2.24) is 4.90 Å². The predicted octanol–water partition coefficient (Wildman–Crippen LogP) is 5.60. The van der Waals surface area contributed by atoms with Gasteiger partial charge in [-0.1, -0.05) is 40.9 Å². The second-order valence-electron chi connectivity index (χ2n) is 7.31. The average molecular weight is 469 g/mol. The number of halogens is 3. The average Bonchev–Trinajstić information content (AvgIpc) is 3.17. The lowest BCUT2D eigenvalue weighted by Crippen LogP contribution is -2.41. The molecule has 0 aromatic heterocycles. The first-order chi connectivity index (χ1) is 14.4. The van der Waals surface area contributed by atoms with Crippen LogP contribution < -0.4 is 18.9 Å². The van der Waals surface area contributed by atoms with Crippen molar-refractivity contribution in [2.75, 3.05) is 27.1 Å². The fraction of sp³-hybridized carbons (Fsp3) is 0.364. The van der Waals surface area contributed by atoms with E-state index in [1.807, 2.05) is 25.1 Å². The molecule has 0 unspecified atom stereocenters. The van der Waals surface area contributed by atoms with Crippen LogP contribution in [-0.4, -0.2) is 35.7 Å². The van der Waals surface area contributed by atoms with Crippen LogP contribution in [0.1, 0.15) is 35.2 Å². The summed E-state index contributed by atoms with van der Waals surface area (Å²) < 4.78 is 21.1. The zero-order valence-electron chi connectivity index (χ0n) is 16.5. The second kappa shape index (κ2) is 7.33. The van der Waals surface area contributed by atoms with Crippen molar-refractivity contribution in [3.05, 3.63) is 46.5 Å². The van der Waals surface area contributed by atoms with Crippen LogP contribution in [0.5, 0.6) is 23.0 Å². The molecule has 2 aromatic carbocycles. The fourth-order valence-electron chi connectivity index (χ4n) is 4.47. The number of nitrogens with zero attached hydrogens (tertiary/aromatic N) is 1. The van der Waals surface area contributed by atoms with E-state index in [4.69, 9.17) is 53.8 Å². The Balaban J connectivity index is 1.75. The van der Waals surface area contributed by atoms with Gasteiger partial charge in [0.05, 0.1) is 13.7 Å². The van der Waals surface area contributed by atoms with Crippen LogP contribution in [0.4, 0.5) is 0 Å². The first-order valence-corrected chi connectivity index (χ1v) is 10.9. The van der Waals surface area contributed by atoms with E-state index in [0.717, 1.165) is 40.3 Å². The van der Waals surface area contributed by atoms with E-state index >= 15 is 0 Å². The van der Waals surface area contributed by atoms with E-state index < -0.39 is 9.83 Å². The molecule has 0 spiro atoms. The maximum absolute atomic E-state index is 6.57. The zero-order chi connectivity index (χ0) is 21.0. The molecule has 30 heavy (non-hydrogen) atoms. The van der Waals surface area contributed by atoms with E-state index in [1.165, 1.54) is 5.56 Å². The molecule has 158 valence electrons. The minimum atomic E-state index is -1.58. The van der Waals surface area contributed by atoms with E-state index in [-0.39, 0.29) is 6.79 Å². The van der Waals surface area contributed by atoms with Crippen LogP contribution in [0.3, 0.4) is 0 Å². The van der Waals surface area contributed by atoms with Crippen molar-refractivity contribution in [2.24, 2.45) is 0 Å². The molecule has 3 aliphatic heterocycles. The first kappa shape index (κ1) is 20.0. The Labute approximate surface area is 190 Å². The van der Waals surface area contributed by atoms with Crippen molar-refractivity contribution >= 4 is 46.6 Å². The predicted molar refractivity (Wildman–Crippen MR) is 118 cm³/mol. The molecule has 5 rings (SSSR count). The van der Waals surface area contributed by atoms with E-state index in [9.17, 15) is 0 Å². The van der Waals surface area contributed by atoms with Gasteiger partial charge in [-0.05, 0) is 48.7 Å². The van der Waals surface area contributed by atoms with Gasteiger partial charge in [0.15, 0.2) is 23.0 Å². The highest BCUT2D eigenvalue weighted by Gasteiger charge is 2.46. The number of methoxy groups -OCH3 is 1. The Morgan fingerprint density at radius 1 is 1.17 bits per heavy atom. The number of hydrogen-bond donors (Lipinski definition) is 0. The topological polar surface area (TPSA) is 40.2 Å². The molecule has 0 fully saturated rings. The summed E-state index contributed by atoms with van der Waals surface area (Å²) in [6, 6.07) is 7.40. The van der Waals surface area contributed by atoms with Crippen LogP contribution in [0.15, 0.2) is 24.3 Å². The largest absolute Gasteiger partial charge is 0.493 e. The number of alkyl halides is 3. The van der Waals surface area contributed by atoms with E-state index in [0.29, 0.717) is 24.7 Å². The summed E-state index contributed by atoms with van der Waals surface area (Å²) in [5.74, 6) is 2.74. The molecule has 8 heteroatoms. The minimum Gasteiger partial charge on any atom is -0.493 e. The molecule has 1 atom stereocenters. The molecule has 0 saturated carbocycles. The first-order valence-electron chi connectivity index (χ1n) is 9.74. The van der Waals surface area contributed by atoms with E-state index in [2.05, 4.69) is 17.0 Å². The summed E-state index contributed by atoms with van der Waals surface area (Å²) in [5.41, 5.74) is 5.00. The summed E-state index contributed by atoms with van der Waals surface area (Å²) in [4.78, 5) is 2.14. The molecule has 0 N–H and O–H groups in total. The summed E-state index contributed by atoms with van der Waals surface area (Å²) in [6.45, 7) is 3.33. The smallest absolute Gasteiger partial charge is 0.231 e. The van der Waals surface area contributed by atoms with Gasteiger partial charge in [0, 0.05) is 23.4 Å². The molecule has 3 heterocycles. The van der Waals surface area contributed by atoms with Crippen molar-refractivity contribution in [3.63, 3.8) is 0 Å². The fourth-order valence-corrected chi connectivity index (χ4v) is 5.16. The normalized spacial score (nSPS) is 18.9. The maximum atomic E-state index is 6.57. The minimum absolute atomic E-state index is 0.234. The van der Waals surface area contributed by atoms with Crippen LogP contribution >= 0.6 is 34.8 Å². The third kappa shape index (κ3) is 3.06. The monoisotopic (exact) mass is 467 g/mol. The number of hydrogen-bond acceptors (Lipinski definition) is 5. The number of benzene rings is 2. The molecule has 0 aliphatic carbocycles. The highest BCUT2D eigenvalue weighted by Crippen LogP contribution is 2.56. The third-order valence-corrected chi connectivity index (χ3v) is 6.32. The van der Waals surface area contributed by atoms with Gasteiger partial charge in [-0.15, -0.1) is 0 Å². The molecule has 0 radical (unpaired) electrons. The van der Waals surface area contributed by atoms with Crippen molar-refractivity contribution in [2.45, 2.75) is 23.2 Å². The van der Waals surface area contributed by atoms with Crippen LogP contribution in [-0.2, 0) is 6.42 Å². The number of rotatable bonds is 3. The Morgan fingerprint density at radius 2 is 1.93 bits per heavy atom. The maximum Gasteiger partial charge on any atom is 0.231 e. The summed E-state index contributed by atoms with van der Waals surface area (Å²) in [7, 11) is 1.61. The van der Waals surface area contributed by atoms with Gasteiger partial charge in [0.1, 0.15) is 6.04 Å². The highest BCUT2D eigenvalue weighted by atomic mass is 35.6. The SMILES string of the molecule is CCOc1c(OC)ccc2c1[C@@H](C(Cl)(Cl)Cl)N1CCc3cc4c(cc3C1=C2)OCO4. The van der Waals surface area contributed by atoms with Crippen molar-refractivity contribution in [3.8, 4) is 23.0 Å². The van der Waals surface area contributed by atoms with Crippen LogP contribution in [0.25, 0.3) is 11.8 Å². The lowest BCUT2D eigenvalue weighted by atomic mass is 9.86. The lowest BCUT2D eigenvalue weighted by Gasteiger charge is -2.45. The molecule has 2 aromatic rings. The zero-order valence-corrected chi connectivity index (χ0v) is 18.8. The number of ether oxygens (including phenoxy) is 4. The Morgan fingerprint density at radius 3 is 2.63 bits per heavy atom. The molecule has 0 amide bonds.